The van der Waals surface area contributed by atoms with Crippen LogP contribution in [0.25, 0.3) is 11.3 Å². The first-order chi connectivity index (χ1) is 11.4. The first kappa shape index (κ1) is 16.4. The molecule has 24 heavy (non-hydrogen) atoms. The lowest BCUT2D eigenvalue weighted by Gasteiger charge is -2.06. The standard InChI is InChI=1S/C19H16ClFN2O/c1-12-3-7-15(8-4-12)17-10-18(19(20)24)23(22-17)11-14-6-5-13(2)16(21)9-14/h3-10H,11H2,1-2H3. The molecule has 1 heterocycles. The van der Waals surface area contributed by atoms with Crippen LogP contribution in [0, 0.1) is 19.7 Å². The van der Waals surface area contributed by atoms with Gasteiger partial charge in [-0.1, -0.05) is 42.0 Å². The van der Waals surface area contributed by atoms with Crippen molar-refractivity contribution in [2.75, 3.05) is 0 Å². The minimum Gasteiger partial charge on any atom is -0.274 e. The number of rotatable bonds is 4. The molecule has 0 aliphatic carbocycles. The van der Waals surface area contributed by atoms with Gasteiger partial charge in [-0.05, 0) is 48.7 Å². The van der Waals surface area contributed by atoms with Crippen molar-refractivity contribution >= 4 is 16.8 Å². The number of aromatic nitrogens is 2. The molecule has 2 aromatic carbocycles. The normalized spacial score (nSPS) is 10.8. The Morgan fingerprint density at radius 1 is 1.12 bits per heavy atom. The molecule has 0 unspecified atom stereocenters. The van der Waals surface area contributed by atoms with Crippen LogP contribution in [0.5, 0.6) is 0 Å². The summed E-state index contributed by atoms with van der Waals surface area (Å²) in [4.78, 5) is 11.7. The van der Waals surface area contributed by atoms with Gasteiger partial charge in [-0.15, -0.1) is 0 Å². The third-order valence-electron chi connectivity index (χ3n) is 3.90. The molecule has 1 aromatic heterocycles. The van der Waals surface area contributed by atoms with Crippen molar-refractivity contribution in [1.29, 1.82) is 0 Å². The summed E-state index contributed by atoms with van der Waals surface area (Å²) in [5.41, 5.74) is 4.28. The Morgan fingerprint density at radius 2 is 1.83 bits per heavy atom. The number of hydrogen-bond acceptors (Lipinski definition) is 2. The average Bonchev–Trinajstić information content (AvgIpc) is 2.96. The fraction of sp³-hybridized carbons (Fsp3) is 0.158. The Kier molecular flexibility index (Phi) is 4.49. The molecule has 0 atom stereocenters. The van der Waals surface area contributed by atoms with Crippen LogP contribution in [0.1, 0.15) is 27.2 Å². The second kappa shape index (κ2) is 6.57. The van der Waals surface area contributed by atoms with Crippen molar-refractivity contribution in [1.82, 2.24) is 9.78 Å². The quantitative estimate of drug-likeness (QED) is 0.642. The van der Waals surface area contributed by atoms with E-state index in [1.807, 2.05) is 37.3 Å². The number of halogens is 2. The summed E-state index contributed by atoms with van der Waals surface area (Å²) in [6.07, 6.45) is 0. The van der Waals surface area contributed by atoms with Crippen molar-refractivity contribution < 1.29 is 9.18 Å². The van der Waals surface area contributed by atoms with Crippen molar-refractivity contribution in [3.05, 3.63) is 76.7 Å². The molecule has 0 N–H and O–H groups in total. The summed E-state index contributed by atoms with van der Waals surface area (Å²) in [5.74, 6) is -0.280. The molecule has 0 amide bonds. The topological polar surface area (TPSA) is 34.9 Å². The molecule has 0 fully saturated rings. The predicted molar refractivity (Wildman–Crippen MR) is 92.8 cm³/mol. The maximum Gasteiger partial charge on any atom is 0.270 e. The van der Waals surface area contributed by atoms with Crippen molar-refractivity contribution in [3.8, 4) is 11.3 Å². The summed E-state index contributed by atoms with van der Waals surface area (Å²) < 4.78 is 15.2. The molecule has 0 aliphatic rings. The van der Waals surface area contributed by atoms with E-state index < -0.39 is 5.24 Å². The Bertz CT molecular complexity index is 900. The van der Waals surface area contributed by atoms with Crippen LogP contribution in [-0.4, -0.2) is 15.0 Å². The van der Waals surface area contributed by atoms with Crippen molar-refractivity contribution in [2.24, 2.45) is 0 Å². The Hall–Kier alpha value is -2.46. The van der Waals surface area contributed by atoms with Crippen molar-refractivity contribution in [3.63, 3.8) is 0 Å². The van der Waals surface area contributed by atoms with E-state index in [1.54, 1.807) is 19.1 Å². The highest BCUT2D eigenvalue weighted by Gasteiger charge is 2.15. The molecule has 5 heteroatoms. The predicted octanol–water partition coefficient (Wildman–Crippen LogP) is 4.73. The average molecular weight is 343 g/mol. The van der Waals surface area contributed by atoms with Gasteiger partial charge in [0, 0.05) is 5.56 Å². The minimum absolute atomic E-state index is 0.275. The van der Waals surface area contributed by atoms with Gasteiger partial charge in [-0.2, -0.15) is 5.10 Å². The lowest BCUT2D eigenvalue weighted by molar-refractivity contribution is 0.107. The van der Waals surface area contributed by atoms with E-state index in [9.17, 15) is 9.18 Å². The van der Waals surface area contributed by atoms with Gasteiger partial charge in [0.1, 0.15) is 11.5 Å². The maximum absolute atomic E-state index is 13.7. The number of nitrogens with zero attached hydrogens (tertiary/aromatic N) is 2. The Morgan fingerprint density at radius 3 is 2.46 bits per heavy atom. The van der Waals surface area contributed by atoms with E-state index in [1.165, 1.54) is 10.7 Å². The van der Waals surface area contributed by atoms with Gasteiger partial charge in [0.25, 0.3) is 5.24 Å². The van der Waals surface area contributed by atoms with Gasteiger partial charge < -0.3 is 0 Å². The molecule has 0 bridgehead atoms. The van der Waals surface area contributed by atoms with Gasteiger partial charge in [-0.25, -0.2) is 4.39 Å². The van der Waals surface area contributed by atoms with E-state index in [-0.39, 0.29) is 18.1 Å². The van der Waals surface area contributed by atoms with E-state index in [2.05, 4.69) is 5.10 Å². The van der Waals surface area contributed by atoms with Gasteiger partial charge in [-0.3, -0.25) is 9.48 Å². The summed E-state index contributed by atoms with van der Waals surface area (Å²) in [6.45, 7) is 3.98. The zero-order valence-electron chi connectivity index (χ0n) is 13.4. The molecule has 3 nitrogen and oxygen atoms in total. The third kappa shape index (κ3) is 3.39. The monoisotopic (exact) mass is 342 g/mol. The Balaban J connectivity index is 1.98. The van der Waals surface area contributed by atoms with E-state index >= 15 is 0 Å². The van der Waals surface area contributed by atoms with Crippen LogP contribution in [-0.2, 0) is 6.54 Å². The molecule has 122 valence electrons. The summed E-state index contributed by atoms with van der Waals surface area (Å²) >= 11 is 5.68. The van der Waals surface area contributed by atoms with Crippen LogP contribution >= 0.6 is 11.6 Å². The lowest BCUT2D eigenvalue weighted by atomic mass is 10.1. The number of carbonyl (C=O) groups excluding carboxylic acids is 1. The highest BCUT2D eigenvalue weighted by Crippen LogP contribution is 2.22. The molecule has 0 radical (unpaired) electrons. The first-order valence-corrected chi connectivity index (χ1v) is 7.91. The van der Waals surface area contributed by atoms with E-state index in [0.29, 0.717) is 11.3 Å². The zero-order valence-corrected chi connectivity index (χ0v) is 14.1. The second-order valence-corrected chi connectivity index (χ2v) is 6.14. The Labute approximate surface area is 144 Å². The highest BCUT2D eigenvalue weighted by molar-refractivity contribution is 6.67. The summed E-state index contributed by atoms with van der Waals surface area (Å²) in [6, 6.07) is 14.5. The summed E-state index contributed by atoms with van der Waals surface area (Å²) in [7, 11) is 0. The maximum atomic E-state index is 13.7. The minimum atomic E-state index is -0.589. The molecule has 0 saturated carbocycles. The molecule has 3 rings (SSSR count). The highest BCUT2D eigenvalue weighted by atomic mass is 35.5. The molecule has 0 aliphatic heterocycles. The van der Waals surface area contributed by atoms with Crippen LogP contribution in [0.3, 0.4) is 0 Å². The number of benzene rings is 2. The summed E-state index contributed by atoms with van der Waals surface area (Å²) in [5, 5.41) is 3.88. The molecule has 0 spiro atoms. The SMILES string of the molecule is Cc1ccc(-c2cc(C(=O)Cl)n(Cc3ccc(C)c(F)c3)n2)cc1. The fourth-order valence-corrected chi connectivity index (χ4v) is 2.62. The molecule has 3 aromatic rings. The van der Waals surface area contributed by atoms with Crippen LogP contribution in [0.2, 0.25) is 0 Å². The number of carbonyl (C=O) groups is 1. The van der Waals surface area contributed by atoms with Gasteiger partial charge in [0.15, 0.2) is 0 Å². The number of hydrogen-bond donors (Lipinski definition) is 0. The van der Waals surface area contributed by atoms with Crippen LogP contribution in [0.15, 0.2) is 48.5 Å². The van der Waals surface area contributed by atoms with Gasteiger partial charge in [0.2, 0.25) is 0 Å². The molecular formula is C19H16ClFN2O. The second-order valence-electron chi connectivity index (χ2n) is 5.80. The first-order valence-electron chi connectivity index (χ1n) is 7.54. The van der Waals surface area contributed by atoms with E-state index in [0.717, 1.165) is 16.7 Å². The van der Waals surface area contributed by atoms with Gasteiger partial charge >= 0.3 is 0 Å². The zero-order chi connectivity index (χ0) is 17.3. The molecular weight excluding hydrogens is 327 g/mol. The van der Waals surface area contributed by atoms with Gasteiger partial charge in [0.05, 0.1) is 12.2 Å². The lowest BCUT2D eigenvalue weighted by Crippen LogP contribution is -2.08. The molecule has 0 saturated heterocycles. The van der Waals surface area contributed by atoms with Crippen LogP contribution in [0.4, 0.5) is 4.39 Å². The number of aryl methyl sites for hydroxylation is 2. The van der Waals surface area contributed by atoms with Crippen molar-refractivity contribution in [2.45, 2.75) is 20.4 Å². The van der Waals surface area contributed by atoms with E-state index in [4.69, 9.17) is 11.6 Å². The smallest absolute Gasteiger partial charge is 0.270 e. The third-order valence-corrected chi connectivity index (χ3v) is 4.09. The van der Waals surface area contributed by atoms with Crippen LogP contribution < -0.4 is 0 Å². The fourth-order valence-electron chi connectivity index (χ4n) is 2.47. The largest absolute Gasteiger partial charge is 0.274 e.